The molecule has 22 heavy (non-hydrogen) atoms. The normalized spacial score (nSPS) is 14.1. The van der Waals surface area contributed by atoms with Crippen molar-refractivity contribution in [3.05, 3.63) is 16.3 Å². The molecule has 122 valence electrons. The van der Waals surface area contributed by atoms with Crippen LogP contribution >= 0.6 is 0 Å². The maximum atomic E-state index is 12.2. The standard InChI is InChI=1S/C14H23N5O3/c1-17(2)13(21)7-8-15-12(20)10-19-14(22)18-9-5-3-4-6-11(18)16-19/h3-10H2,1-2H3,(H,15,20). The van der Waals surface area contributed by atoms with Crippen molar-refractivity contribution in [1.29, 1.82) is 0 Å². The van der Waals surface area contributed by atoms with Gasteiger partial charge in [0.25, 0.3) is 0 Å². The first-order valence-corrected chi connectivity index (χ1v) is 7.62. The Kier molecular flexibility index (Phi) is 5.35. The number of hydrogen-bond donors (Lipinski definition) is 1. The highest BCUT2D eigenvalue weighted by Crippen LogP contribution is 2.10. The number of carbonyl (C=O) groups excluding carboxylic acids is 2. The topological polar surface area (TPSA) is 89.2 Å². The van der Waals surface area contributed by atoms with Crippen LogP contribution in [0.2, 0.25) is 0 Å². The van der Waals surface area contributed by atoms with E-state index in [-0.39, 0.29) is 37.0 Å². The molecule has 1 aromatic heterocycles. The maximum absolute atomic E-state index is 12.2. The molecule has 1 N–H and O–H groups in total. The van der Waals surface area contributed by atoms with E-state index in [2.05, 4.69) is 10.4 Å². The lowest BCUT2D eigenvalue weighted by Gasteiger charge is -2.10. The van der Waals surface area contributed by atoms with Crippen molar-refractivity contribution in [3.63, 3.8) is 0 Å². The van der Waals surface area contributed by atoms with Crippen LogP contribution in [0, 0.1) is 0 Å². The molecule has 0 saturated carbocycles. The Hall–Kier alpha value is -2.12. The summed E-state index contributed by atoms with van der Waals surface area (Å²) >= 11 is 0. The molecule has 0 aliphatic carbocycles. The molecular formula is C14H23N5O3. The summed E-state index contributed by atoms with van der Waals surface area (Å²) < 4.78 is 2.87. The predicted molar refractivity (Wildman–Crippen MR) is 80.4 cm³/mol. The van der Waals surface area contributed by atoms with Crippen molar-refractivity contribution in [2.45, 2.75) is 45.2 Å². The summed E-state index contributed by atoms with van der Waals surface area (Å²) in [5.41, 5.74) is -0.226. The zero-order chi connectivity index (χ0) is 16.1. The smallest absolute Gasteiger partial charge is 0.346 e. The van der Waals surface area contributed by atoms with Crippen LogP contribution in [-0.2, 0) is 29.1 Å². The average Bonchev–Trinajstić information content (AvgIpc) is 2.66. The van der Waals surface area contributed by atoms with Crippen molar-refractivity contribution in [1.82, 2.24) is 24.6 Å². The molecule has 1 aliphatic heterocycles. The molecule has 1 aliphatic rings. The van der Waals surface area contributed by atoms with Gasteiger partial charge in [0.15, 0.2) is 0 Å². The third-order valence-electron chi connectivity index (χ3n) is 3.73. The molecule has 0 unspecified atom stereocenters. The first-order chi connectivity index (χ1) is 10.5. The first-order valence-electron chi connectivity index (χ1n) is 7.62. The van der Waals surface area contributed by atoms with E-state index < -0.39 is 0 Å². The Balaban J connectivity index is 1.90. The zero-order valence-corrected chi connectivity index (χ0v) is 13.2. The molecule has 8 heteroatoms. The molecule has 8 nitrogen and oxygen atoms in total. The van der Waals surface area contributed by atoms with Gasteiger partial charge >= 0.3 is 5.69 Å². The van der Waals surface area contributed by atoms with Gasteiger partial charge in [0.05, 0.1) is 0 Å². The average molecular weight is 309 g/mol. The third-order valence-corrected chi connectivity index (χ3v) is 3.73. The highest BCUT2D eigenvalue weighted by atomic mass is 16.2. The summed E-state index contributed by atoms with van der Waals surface area (Å²) in [6, 6.07) is 0. The van der Waals surface area contributed by atoms with Crippen LogP contribution in [0.1, 0.15) is 31.5 Å². The number of fused-ring (bicyclic) bond motifs is 1. The van der Waals surface area contributed by atoms with Crippen molar-refractivity contribution in [2.75, 3.05) is 20.6 Å². The summed E-state index contributed by atoms with van der Waals surface area (Å²) in [6.07, 6.45) is 4.12. The lowest BCUT2D eigenvalue weighted by atomic mass is 10.2. The van der Waals surface area contributed by atoms with Crippen LogP contribution in [0.5, 0.6) is 0 Å². The number of rotatable bonds is 5. The third kappa shape index (κ3) is 3.96. The zero-order valence-electron chi connectivity index (χ0n) is 13.2. The number of aromatic nitrogens is 3. The van der Waals surface area contributed by atoms with Crippen LogP contribution in [0.3, 0.4) is 0 Å². The fourth-order valence-electron chi connectivity index (χ4n) is 2.45. The summed E-state index contributed by atoms with van der Waals surface area (Å²) in [6.45, 7) is 0.834. The lowest BCUT2D eigenvalue weighted by Crippen LogP contribution is -2.35. The van der Waals surface area contributed by atoms with Gasteiger partial charge < -0.3 is 10.2 Å². The van der Waals surface area contributed by atoms with Gasteiger partial charge in [0.1, 0.15) is 12.4 Å². The minimum atomic E-state index is -0.304. The summed E-state index contributed by atoms with van der Waals surface area (Å²) in [5.74, 6) is 0.408. The minimum Gasteiger partial charge on any atom is -0.354 e. The summed E-state index contributed by atoms with van der Waals surface area (Å²) in [7, 11) is 3.34. The predicted octanol–water partition coefficient (Wildman–Crippen LogP) is -0.634. The van der Waals surface area contributed by atoms with E-state index in [9.17, 15) is 14.4 Å². The molecule has 2 heterocycles. The molecule has 2 amide bonds. The fourth-order valence-corrected chi connectivity index (χ4v) is 2.45. The quantitative estimate of drug-likeness (QED) is 0.784. The Morgan fingerprint density at radius 3 is 2.77 bits per heavy atom. The Morgan fingerprint density at radius 2 is 2.05 bits per heavy atom. The number of amides is 2. The molecule has 0 bridgehead atoms. The number of carbonyl (C=O) groups is 2. The Labute approximate surface area is 129 Å². The monoisotopic (exact) mass is 309 g/mol. The number of hydrogen-bond acceptors (Lipinski definition) is 4. The van der Waals surface area contributed by atoms with Gasteiger partial charge in [-0.15, -0.1) is 0 Å². The maximum Gasteiger partial charge on any atom is 0.346 e. The van der Waals surface area contributed by atoms with Gasteiger partial charge in [0.2, 0.25) is 11.8 Å². The van der Waals surface area contributed by atoms with Gasteiger partial charge in [-0.1, -0.05) is 6.42 Å². The van der Waals surface area contributed by atoms with Gasteiger partial charge in [-0.3, -0.25) is 14.2 Å². The van der Waals surface area contributed by atoms with Crippen LogP contribution in [0.15, 0.2) is 4.79 Å². The van der Waals surface area contributed by atoms with E-state index in [0.29, 0.717) is 6.54 Å². The molecule has 0 saturated heterocycles. The van der Waals surface area contributed by atoms with Gasteiger partial charge in [-0.2, -0.15) is 5.10 Å². The fraction of sp³-hybridized carbons (Fsp3) is 0.714. The van der Waals surface area contributed by atoms with Crippen molar-refractivity contribution >= 4 is 11.8 Å². The first kappa shape index (κ1) is 16.3. The van der Waals surface area contributed by atoms with E-state index in [0.717, 1.165) is 31.5 Å². The lowest BCUT2D eigenvalue weighted by molar-refractivity contribution is -0.128. The van der Waals surface area contributed by atoms with Gasteiger partial charge in [-0.05, 0) is 12.8 Å². The molecule has 2 rings (SSSR count). The highest BCUT2D eigenvalue weighted by molar-refractivity contribution is 5.78. The summed E-state index contributed by atoms with van der Waals surface area (Å²) in [5, 5.41) is 6.89. The largest absolute Gasteiger partial charge is 0.354 e. The molecule has 0 radical (unpaired) electrons. The number of nitrogens with one attached hydrogen (secondary N) is 1. The van der Waals surface area contributed by atoms with Crippen LogP contribution in [-0.4, -0.2) is 51.7 Å². The molecule has 0 spiro atoms. The Morgan fingerprint density at radius 1 is 1.27 bits per heavy atom. The van der Waals surface area contributed by atoms with E-state index in [1.165, 1.54) is 9.58 Å². The van der Waals surface area contributed by atoms with Crippen LogP contribution in [0.4, 0.5) is 0 Å². The SMILES string of the molecule is CN(C)C(=O)CCNC(=O)Cn1nc2n(c1=O)CCCCC2. The molecular weight excluding hydrogens is 286 g/mol. The van der Waals surface area contributed by atoms with E-state index in [4.69, 9.17) is 0 Å². The second-order valence-electron chi connectivity index (χ2n) is 5.71. The molecule has 1 aromatic rings. The minimum absolute atomic E-state index is 0.0498. The van der Waals surface area contributed by atoms with E-state index in [1.807, 2.05) is 0 Å². The van der Waals surface area contributed by atoms with E-state index in [1.54, 1.807) is 18.7 Å². The Bertz CT molecular complexity index is 602. The summed E-state index contributed by atoms with van der Waals surface area (Å²) in [4.78, 5) is 36.9. The highest BCUT2D eigenvalue weighted by Gasteiger charge is 2.17. The van der Waals surface area contributed by atoms with Crippen LogP contribution < -0.4 is 11.0 Å². The van der Waals surface area contributed by atoms with Gasteiger partial charge in [0, 0.05) is 40.0 Å². The molecule has 0 atom stereocenters. The van der Waals surface area contributed by atoms with Crippen molar-refractivity contribution in [2.24, 2.45) is 0 Å². The van der Waals surface area contributed by atoms with Crippen molar-refractivity contribution < 1.29 is 9.59 Å². The molecule has 0 fully saturated rings. The second-order valence-corrected chi connectivity index (χ2v) is 5.71. The number of nitrogens with zero attached hydrogens (tertiary/aromatic N) is 4. The van der Waals surface area contributed by atoms with Crippen LogP contribution in [0.25, 0.3) is 0 Å². The van der Waals surface area contributed by atoms with Gasteiger partial charge in [-0.25, -0.2) is 9.48 Å². The number of aryl methyl sites for hydroxylation is 1. The van der Waals surface area contributed by atoms with E-state index >= 15 is 0 Å². The van der Waals surface area contributed by atoms with Crippen molar-refractivity contribution in [3.8, 4) is 0 Å². The molecule has 0 aromatic carbocycles. The second kappa shape index (κ2) is 7.24.